The Balaban J connectivity index is 1.32. The number of fused-ring (bicyclic) bond motifs is 2. The van der Waals surface area contributed by atoms with Gasteiger partial charge in [0.2, 0.25) is 35.4 Å². The second-order valence-electron chi connectivity index (χ2n) is 16.2. The van der Waals surface area contributed by atoms with Gasteiger partial charge in [-0.1, -0.05) is 80.6 Å². The molecule has 6 amide bonds. The van der Waals surface area contributed by atoms with Crippen molar-refractivity contribution in [3.8, 4) is 0 Å². The third-order valence-electron chi connectivity index (χ3n) is 11.8. The fourth-order valence-corrected chi connectivity index (χ4v) is 8.58. The van der Waals surface area contributed by atoms with Crippen molar-refractivity contribution in [2.75, 3.05) is 19.6 Å². The molecule has 6 rings (SSSR count). The smallest absolute Gasteiger partial charge is 0.245 e. The normalized spacial score (nSPS) is 24.3. The van der Waals surface area contributed by atoms with Gasteiger partial charge in [-0.05, 0) is 61.6 Å². The number of para-hydroxylation sites is 1. The van der Waals surface area contributed by atoms with Crippen LogP contribution in [0.5, 0.6) is 0 Å². The molecule has 6 atom stereocenters. The Morgan fingerprint density at radius 2 is 1.50 bits per heavy atom. The summed E-state index contributed by atoms with van der Waals surface area (Å²) in [7, 11) is 0. The van der Waals surface area contributed by atoms with E-state index < -0.39 is 71.7 Å². The van der Waals surface area contributed by atoms with E-state index in [2.05, 4.69) is 36.6 Å². The quantitative estimate of drug-likeness (QED) is 0.0953. The van der Waals surface area contributed by atoms with Crippen LogP contribution in [0.4, 0.5) is 0 Å². The molecule has 12 N–H and O–H groups in total. The molecule has 3 fully saturated rings. The largest absolute Gasteiger partial charge is 0.370 e. The van der Waals surface area contributed by atoms with Gasteiger partial charge in [0.15, 0.2) is 5.96 Å². The van der Waals surface area contributed by atoms with E-state index in [4.69, 9.17) is 17.2 Å². The van der Waals surface area contributed by atoms with Crippen molar-refractivity contribution in [3.63, 3.8) is 0 Å². The van der Waals surface area contributed by atoms with Gasteiger partial charge in [0.25, 0.3) is 0 Å². The number of carbonyl (C=O) groups excluding carboxylic acids is 6. The number of carbonyl (C=O) groups is 6. The number of hydrogen-bond donors (Lipinski definition) is 9. The first-order valence-electron chi connectivity index (χ1n) is 21.2. The number of amides is 6. The lowest BCUT2D eigenvalue weighted by Gasteiger charge is -2.32. The van der Waals surface area contributed by atoms with Crippen LogP contribution < -0.4 is 43.8 Å². The van der Waals surface area contributed by atoms with Crippen molar-refractivity contribution in [1.29, 1.82) is 0 Å². The van der Waals surface area contributed by atoms with Gasteiger partial charge >= 0.3 is 0 Å². The molecule has 3 heterocycles. The van der Waals surface area contributed by atoms with E-state index in [9.17, 15) is 28.8 Å². The minimum atomic E-state index is -1.15. The second kappa shape index (κ2) is 20.8. The molecule has 17 nitrogen and oxygen atoms in total. The monoisotopic (exact) mass is 825 g/mol. The number of nitrogens with one attached hydrogen (secondary N) is 6. The van der Waals surface area contributed by atoms with Crippen LogP contribution in [0.15, 0.2) is 65.8 Å². The first kappa shape index (κ1) is 43.6. The van der Waals surface area contributed by atoms with E-state index in [0.29, 0.717) is 19.3 Å². The summed E-state index contributed by atoms with van der Waals surface area (Å²) in [5.74, 6) is -3.34. The zero-order valence-corrected chi connectivity index (χ0v) is 34.0. The van der Waals surface area contributed by atoms with Crippen molar-refractivity contribution in [2.45, 2.75) is 113 Å². The Bertz CT molecular complexity index is 2010. The number of guanidine groups is 1. The predicted molar refractivity (Wildman–Crippen MR) is 227 cm³/mol. The SMILES string of the molecule is NC(N)=NCC[C@H]1NC(=O)[C@H](Cc2c[nH]c3ccccc23)NC(=O)[C@@H](CC2CCCCC2)NC(=O)[C@@H]2CCCN2C(=O)[C@@H](NC(=O)[C@@H](N)Cc2ccccc2)CCNC1=O. The lowest BCUT2D eigenvalue weighted by Crippen LogP contribution is -2.59. The molecule has 17 heteroatoms. The number of H-pyrrole nitrogens is 1. The molecule has 60 heavy (non-hydrogen) atoms. The minimum absolute atomic E-state index is 0.00247. The third-order valence-corrected chi connectivity index (χ3v) is 11.8. The van der Waals surface area contributed by atoms with Gasteiger partial charge in [0.05, 0.1) is 6.04 Å². The summed E-state index contributed by atoms with van der Waals surface area (Å²) in [5.41, 5.74) is 19.9. The summed E-state index contributed by atoms with van der Waals surface area (Å²) >= 11 is 0. The molecule has 322 valence electrons. The maximum atomic E-state index is 14.5. The fourth-order valence-electron chi connectivity index (χ4n) is 8.58. The van der Waals surface area contributed by atoms with E-state index in [0.717, 1.165) is 54.1 Å². The Kier molecular flexibility index (Phi) is 15.1. The lowest BCUT2D eigenvalue weighted by atomic mass is 9.84. The van der Waals surface area contributed by atoms with Crippen LogP contribution in [-0.2, 0) is 41.6 Å². The summed E-state index contributed by atoms with van der Waals surface area (Å²) in [5, 5.41) is 15.2. The van der Waals surface area contributed by atoms with Crippen molar-refractivity contribution in [1.82, 2.24) is 36.5 Å². The van der Waals surface area contributed by atoms with Crippen LogP contribution in [0, 0.1) is 5.92 Å². The number of nitrogens with zero attached hydrogens (tertiary/aromatic N) is 2. The van der Waals surface area contributed by atoms with Gasteiger partial charge in [0, 0.05) is 43.2 Å². The third kappa shape index (κ3) is 11.6. The van der Waals surface area contributed by atoms with Crippen LogP contribution in [0.25, 0.3) is 10.9 Å². The Hall–Kier alpha value is -5.97. The number of aromatic amines is 1. The van der Waals surface area contributed by atoms with E-state index >= 15 is 0 Å². The highest BCUT2D eigenvalue weighted by molar-refractivity contribution is 5.97. The Morgan fingerprint density at radius 1 is 0.800 bits per heavy atom. The van der Waals surface area contributed by atoms with Gasteiger partial charge in [-0.2, -0.15) is 0 Å². The van der Waals surface area contributed by atoms with E-state index in [1.165, 1.54) is 4.90 Å². The van der Waals surface area contributed by atoms with Crippen LogP contribution in [0.2, 0.25) is 0 Å². The number of hydrogen-bond acceptors (Lipinski definition) is 8. The van der Waals surface area contributed by atoms with E-state index in [-0.39, 0.29) is 57.2 Å². The molecule has 0 unspecified atom stereocenters. The standard InChI is InChI=1S/C43H59N11O6/c44-30(22-26-10-3-1-4-11-26)37(55)51-33-18-19-47-38(56)32(17-20-48-43(45)46)50-40(58)35(24-28-25-49-31-15-8-7-14-29(28)31)52-39(57)34(23-27-12-5-2-6-13-27)53-41(59)36-16-9-21-54(36)42(33)60/h1,3-4,7-8,10-11,14-15,25,27,30,32-36,49H,2,5-6,9,12-13,16-24,44H2,(H,47,56)(H,50,58)(H,51,55)(H,52,57)(H,53,59)(H4,45,46,48)/t30-,32+,33-,34+,35-,36-/m0/s1. The fraction of sp³-hybridized carbons (Fsp3) is 0.512. The van der Waals surface area contributed by atoms with Crippen LogP contribution >= 0.6 is 0 Å². The molecule has 3 aromatic rings. The van der Waals surface area contributed by atoms with Gasteiger partial charge in [-0.3, -0.25) is 33.8 Å². The van der Waals surface area contributed by atoms with E-state index in [1.807, 2.05) is 54.6 Å². The highest BCUT2D eigenvalue weighted by Gasteiger charge is 2.40. The van der Waals surface area contributed by atoms with Gasteiger partial charge in [-0.15, -0.1) is 0 Å². The van der Waals surface area contributed by atoms with Crippen LogP contribution in [0.3, 0.4) is 0 Å². The number of nitrogens with two attached hydrogens (primary N) is 3. The van der Waals surface area contributed by atoms with Crippen molar-refractivity contribution in [3.05, 3.63) is 71.9 Å². The van der Waals surface area contributed by atoms with Gasteiger partial charge < -0.3 is 53.7 Å². The molecule has 1 saturated carbocycles. The molecule has 2 aromatic carbocycles. The zero-order chi connectivity index (χ0) is 42.6. The van der Waals surface area contributed by atoms with Crippen molar-refractivity contribution in [2.24, 2.45) is 28.1 Å². The average molecular weight is 826 g/mol. The summed E-state index contributed by atoms with van der Waals surface area (Å²) in [4.78, 5) is 93.5. The van der Waals surface area contributed by atoms with Gasteiger partial charge in [-0.25, -0.2) is 0 Å². The maximum Gasteiger partial charge on any atom is 0.245 e. The topological polar surface area (TPSA) is 272 Å². The molecule has 2 aliphatic heterocycles. The molecular weight excluding hydrogens is 767 g/mol. The van der Waals surface area contributed by atoms with Crippen LogP contribution in [0.1, 0.15) is 75.3 Å². The molecule has 3 aliphatic rings. The first-order chi connectivity index (χ1) is 29.0. The Morgan fingerprint density at radius 3 is 2.27 bits per heavy atom. The zero-order valence-electron chi connectivity index (χ0n) is 34.0. The molecular formula is C43H59N11O6. The highest BCUT2D eigenvalue weighted by Crippen LogP contribution is 2.28. The minimum Gasteiger partial charge on any atom is -0.370 e. The number of benzene rings is 2. The lowest BCUT2D eigenvalue weighted by molar-refractivity contribution is -0.142. The Labute approximate surface area is 349 Å². The molecule has 0 bridgehead atoms. The number of aliphatic imine (C=N–C) groups is 1. The van der Waals surface area contributed by atoms with Crippen LogP contribution in [-0.4, -0.2) is 107 Å². The summed E-state index contributed by atoms with van der Waals surface area (Å²) in [6, 6.07) is 10.5. The molecule has 0 spiro atoms. The van der Waals surface area contributed by atoms with E-state index in [1.54, 1.807) is 6.20 Å². The molecule has 0 radical (unpaired) electrons. The summed E-state index contributed by atoms with van der Waals surface area (Å²) in [6.07, 6.45) is 8.18. The molecule has 2 saturated heterocycles. The van der Waals surface area contributed by atoms with Crippen molar-refractivity contribution < 1.29 is 28.8 Å². The summed E-state index contributed by atoms with van der Waals surface area (Å²) in [6.45, 7) is 0.174. The highest BCUT2D eigenvalue weighted by atomic mass is 16.2. The summed E-state index contributed by atoms with van der Waals surface area (Å²) < 4.78 is 0. The number of rotatable bonds is 11. The van der Waals surface area contributed by atoms with Crippen molar-refractivity contribution >= 4 is 52.3 Å². The average Bonchev–Trinajstić information content (AvgIpc) is 3.90. The second-order valence-corrected chi connectivity index (χ2v) is 16.2. The first-order valence-corrected chi connectivity index (χ1v) is 21.2. The number of aromatic nitrogens is 1. The molecule has 1 aliphatic carbocycles. The van der Waals surface area contributed by atoms with Gasteiger partial charge in [0.1, 0.15) is 30.2 Å². The maximum absolute atomic E-state index is 14.5. The predicted octanol–water partition coefficient (Wildman–Crippen LogP) is 0.364. The molecule has 1 aromatic heterocycles.